The van der Waals surface area contributed by atoms with Gasteiger partial charge in [-0.25, -0.2) is 0 Å². The molecule has 0 saturated carbocycles. The van der Waals surface area contributed by atoms with E-state index in [1.807, 2.05) is 61.5 Å². The van der Waals surface area contributed by atoms with E-state index in [0.717, 1.165) is 27.3 Å². The third-order valence-electron chi connectivity index (χ3n) is 5.01. The maximum Gasteiger partial charge on any atom is 0.147 e. The molecule has 0 bridgehead atoms. The van der Waals surface area contributed by atoms with Crippen molar-refractivity contribution in [2.45, 2.75) is 33.5 Å². The second-order valence-corrected chi connectivity index (χ2v) is 9.76. The van der Waals surface area contributed by atoms with E-state index in [-0.39, 0.29) is 6.61 Å². The Kier molecular flexibility index (Phi) is 5.46. The van der Waals surface area contributed by atoms with Gasteiger partial charge < -0.3 is 9.67 Å². The molecule has 0 radical (unpaired) electrons. The highest BCUT2D eigenvalue weighted by molar-refractivity contribution is 7.78. The summed E-state index contributed by atoms with van der Waals surface area (Å²) in [5, 5.41) is 11.0. The Hall–Kier alpha value is -2.15. The van der Waals surface area contributed by atoms with Gasteiger partial charge in [-0.3, -0.25) is 0 Å². The van der Waals surface area contributed by atoms with Gasteiger partial charge in [0.05, 0.1) is 6.61 Å². The molecule has 0 amide bonds. The lowest BCUT2D eigenvalue weighted by molar-refractivity contribution is 0.282. The summed E-state index contributed by atoms with van der Waals surface area (Å²) in [5.41, 5.74) is 5.48. The van der Waals surface area contributed by atoms with Crippen LogP contribution in [0.25, 0.3) is 0 Å². The zero-order valence-corrected chi connectivity index (χ0v) is 16.5. The zero-order chi connectivity index (χ0) is 18.7. The Morgan fingerprint density at radius 3 is 1.77 bits per heavy atom. The summed E-state index contributed by atoms with van der Waals surface area (Å²) in [6.07, 6.45) is 0.507. The van der Waals surface area contributed by atoms with Crippen molar-refractivity contribution in [1.29, 1.82) is 0 Å². The third-order valence-corrected chi connectivity index (χ3v) is 8.04. The molecule has 26 heavy (non-hydrogen) atoms. The fourth-order valence-electron chi connectivity index (χ4n) is 3.28. The minimum atomic E-state index is -2.83. The van der Waals surface area contributed by atoms with Gasteiger partial charge >= 0.3 is 0 Å². The predicted octanol–water partition coefficient (Wildman–Crippen LogP) is 4.62. The normalized spacial score (nSPS) is 13.4. The lowest BCUT2D eigenvalue weighted by Gasteiger charge is -2.22. The number of aliphatic hydroxyl groups excluding tert-OH is 1. The zero-order valence-electron chi connectivity index (χ0n) is 15.6. The van der Waals surface area contributed by atoms with Gasteiger partial charge in [0.1, 0.15) is 7.14 Å². The first kappa shape index (κ1) is 18.6. The minimum absolute atomic E-state index is 0.00792. The van der Waals surface area contributed by atoms with Crippen molar-refractivity contribution < 1.29 is 9.67 Å². The van der Waals surface area contributed by atoms with Gasteiger partial charge in [0, 0.05) is 16.8 Å². The fraction of sp³-hybridized carbons (Fsp3) is 0.217. The third kappa shape index (κ3) is 3.67. The second kappa shape index (κ2) is 7.61. The first-order valence-electron chi connectivity index (χ1n) is 8.86. The summed E-state index contributed by atoms with van der Waals surface area (Å²) in [7, 11) is -2.83. The molecule has 0 heterocycles. The van der Waals surface area contributed by atoms with E-state index < -0.39 is 7.14 Å². The van der Waals surface area contributed by atoms with Crippen LogP contribution in [-0.2, 0) is 17.3 Å². The largest absolute Gasteiger partial charge is 0.392 e. The number of benzene rings is 3. The SMILES string of the molecule is Cc1ccc(P(=O)(Cc2c(C)cccc2C)c2ccc(CO)cc2)cc1. The molecule has 0 aliphatic rings. The number of aryl methyl sites for hydroxylation is 3. The summed E-state index contributed by atoms with van der Waals surface area (Å²) in [6, 6.07) is 21.8. The van der Waals surface area contributed by atoms with Gasteiger partial charge in [-0.2, -0.15) is 0 Å². The summed E-state index contributed by atoms with van der Waals surface area (Å²) >= 11 is 0. The van der Waals surface area contributed by atoms with Gasteiger partial charge in [-0.05, 0) is 43.0 Å². The van der Waals surface area contributed by atoms with Crippen molar-refractivity contribution in [2.75, 3.05) is 0 Å². The summed E-state index contributed by atoms with van der Waals surface area (Å²) < 4.78 is 14.3. The van der Waals surface area contributed by atoms with E-state index in [4.69, 9.17) is 0 Å². The Morgan fingerprint density at radius 1 is 0.769 bits per heavy atom. The van der Waals surface area contributed by atoms with Crippen molar-refractivity contribution in [3.63, 3.8) is 0 Å². The van der Waals surface area contributed by atoms with Gasteiger partial charge in [0.25, 0.3) is 0 Å². The standard InChI is InChI=1S/C23H25O2P/c1-17-7-11-21(12-8-17)26(25,22-13-9-20(15-24)10-14-22)16-23-18(2)5-4-6-19(23)3/h4-14,24H,15-16H2,1-3H3. The smallest absolute Gasteiger partial charge is 0.147 e. The topological polar surface area (TPSA) is 37.3 Å². The number of rotatable bonds is 5. The summed E-state index contributed by atoms with van der Waals surface area (Å²) in [6.45, 7) is 6.19. The second-order valence-electron chi connectivity index (χ2n) is 6.93. The molecule has 134 valence electrons. The van der Waals surface area contributed by atoms with E-state index in [1.165, 1.54) is 11.1 Å². The lowest BCUT2D eigenvalue weighted by Crippen LogP contribution is -2.18. The van der Waals surface area contributed by atoms with Crippen LogP contribution in [0.3, 0.4) is 0 Å². The Bertz CT molecular complexity index is 921. The molecule has 3 aromatic rings. The molecule has 0 saturated heterocycles. The fourth-order valence-corrected chi connectivity index (χ4v) is 6.15. The van der Waals surface area contributed by atoms with E-state index in [0.29, 0.717) is 6.16 Å². The van der Waals surface area contributed by atoms with Crippen molar-refractivity contribution in [3.8, 4) is 0 Å². The molecule has 3 aromatic carbocycles. The van der Waals surface area contributed by atoms with Gasteiger partial charge in [-0.1, -0.05) is 72.3 Å². The van der Waals surface area contributed by atoms with Crippen LogP contribution in [0.1, 0.15) is 27.8 Å². The van der Waals surface area contributed by atoms with E-state index in [1.54, 1.807) is 0 Å². The molecule has 1 N–H and O–H groups in total. The quantitative estimate of drug-likeness (QED) is 0.671. The van der Waals surface area contributed by atoms with Crippen LogP contribution in [0.15, 0.2) is 66.7 Å². The van der Waals surface area contributed by atoms with Crippen LogP contribution in [0.5, 0.6) is 0 Å². The lowest BCUT2D eigenvalue weighted by atomic mass is 10.1. The number of hydrogen-bond donors (Lipinski definition) is 1. The monoisotopic (exact) mass is 364 g/mol. The van der Waals surface area contributed by atoms with Crippen molar-refractivity contribution in [2.24, 2.45) is 0 Å². The molecule has 3 heteroatoms. The number of aliphatic hydroxyl groups is 1. The highest BCUT2D eigenvalue weighted by Crippen LogP contribution is 2.48. The average Bonchev–Trinajstić information content (AvgIpc) is 2.65. The number of hydrogen-bond acceptors (Lipinski definition) is 2. The summed E-state index contributed by atoms with van der Waals surface area (Å²) in [5.74, 6) is 0. The first-order valence-corrected chi connectivity index (χ1v) is 10.7. The molecule has 0 spiro atoms. The van der Waals surface area contributed by atoms with Crippen molar-refractivity contribution in [3.05, 3.63) is 94.5 Å². The molecular weight excluding hydrogens is 339 g/mol. The van der Waals surface area contributed by atoms with Crippen molar-refractivity contribution >= 4 is 17.8 Å². The average molecular weight is 364 g/mol. The molecule has 1 unspecified atom stereocenters. The minimum Gasteiger partial charge on any atom is -0.392 e. The van der Waals surface area contributed by atoms with Gasteiger partial charge in [-0.15, -0.1) is 0 Å². The first-order chi connectivity index (χ1) is 12.4. The molecule has 0 aliphatic heterocycles. The van der Waals surface area contributed by atoms with Crippen LogP contribution >= 0.6 is 7.14 Å². The maximum atomic E-state index is 14.3. The Balaban J connectivity index is 2.15. The Morgan fingerprint density at radius 2 is 1.27 bits per heavy atom. The molecule has 0 aliphatic carbocycles. The van der Waals surface area contributed by atoms with Crippen LogP contribution in [0.4, 0.5) is 0 Å². The van der Waals surface area contributed by atoms with Gasteiger partial charge in [0.2, 0.25) is 0 Å². The van der Waals surface area contributed by atoms with Crippen LogP contribution in [-0.4, -0.2) is 5.11 Å². The summed E-state index contributed by atoms with van der Waals surface area (Å²) in [4.78, 5) is 0. The van der Waals surface area contributed by atoms with Crippen LogP contribution in [0, 0.1) is 20.8 Å². The highest BCUT2D eigenvalue weighted by atomic mass is 31.2. The van der Waals surface area contributed by atoms with Gasteiger partial charge in [0.15, 0.2) is 0 Å². The van der Waals surface area contributed by atoms with Crippen LogP contribution in [0.2, 0.25) is 0 Å². The molecule has 2 nitrogen and oxygen atoms in total. The molecule has 0 fully saturated rings. The van der Waals surface area contributed by atoms with E-state index in [2.05, 4.69) is 26.0 Å². The van der Waals surface area contributed by atoms with Crippen LogP contribution < -0.4 is 10.6 Å². The molecule has 0 aromatic heterocycles. The molecular formula is C23H25O2P. The maximum absolute atomic E-state index is 14.3. The molecule has 3 rings (SSSR count). The predicted molar refractivity (Wildman–Crippen MR) is 110 cm³/mol. The molecule has 1 atom stereocenters. The van der Waals surface area contributed by atoms with E-state index in [9.17, 15) is 9.67 Å². The highest BCUT2D eigenvalue weighted by Gasteiger charge is 2.29. The van der Waals surface area contributed by atoms with Crippen molar-refractivity contribution in [1.82, 2.24) is 0 Å². The Labute approximate surface area is 155 Å². The van der Waals surface area contributed by atoms with E-state index >= 15 is 0 Å².